The molecule has 0 radical (unpaired) electrons. The maximum atomic E-state index is 11.8. The molecule has 0 saturated heterocycles. The summed E-state index contributed by atoms with van der Waals surface area (Å²) in [5, 5.41) is 0. The van der Waals surface area contributed by atoms with Crippen LogP contribution in [0.2, 0.25) is 0 Å². The molecule has 0 unspecified atom stereocenters. The highest BCUT2D eigenvalue weighted by Gasteiger charge is 2.36. The van der Waals surface area contributed by atoms with E-state index in [2.05, 4.69) is 30.9 Å². The number of ether oxygens (including phenoxy) is 1. The standard InChI is InChI=1S/C16H26N2O2/c1-6-18(7-2)13-10-8-12(9-11-13)14(17)16(3,4)15(19)20-5/h8-11,14H,6-7,17H2,1-5H3/t14-/m1/s1. The van der Waals surface area contributed by atoms with Crippen molar-refractivity contribution in [1.29, 1.82) is 0 Å². The summed E-state index contributed by atoms with van der Waals surface area (Å²) in [6.07, 6.45) is 0. The van der Waals surface area contributed by atoms with E-state index in [1.54, 1.807) is 0 Å². The second kappa shape index (κ2) is 6.75. The van der Waals surface area contributed by atoms with Crippen LogP contribution in [0.25, 0.3) is 0 Å². The molecule has 0 aromatic heterocycles. The van der Waals surface area contributed by atoms with Gasteiger partial charge >= 0.3 is 5.97 Å². The largest absolute Gasteiger partial charge is 0.469 e. The molecule has 4 nitrogen and oxygen atoms in total. The van der Waals surface area contributed by atoms with Gasteiger partial charge in [-0.05, 0) is 45.4 Å². The number of carbonyl (C=O) groups excluding carboxylic acids is 1. The van der Waals surface area contributed by atoms with E-state index in [0.29, 0.717) is 0 Å². The molecule has 2 N–H and O–H groups in total. The van der Waals surface area contributed by atoms with Crippen molar-refractivity contribution in [3.63, 3.8) is 0 Å². The van der Waals surface area contributed by atoms with Gasteiger partial charge in [-0.2, -0.15) is 0 Å². The van der Waals surface area contributed by atoms with Crippen LogP contribution < -0.4 is 10.6 Å². The van der Waals surface area contributed by atoms with Crippen LogP contribution in [0.5, 0.6) is 0 Å². The number of esters is 1. The van der Waals surface area contributed by atoms with Crippen LogP contribution in [-0.2, 0) is 9.53 Å². The van der Waals surface area contributed by atoms with Crippen molar-refractivity contribution in [3.8, 4) is 0 Å². The molecule has 0 amide bonds. The maximum Gasteiger partial charge on any atom is 0.313 e. The van der Waals surface area contributed by atoms with Gasteiger partial charge < -0.3 is 15.4 Å². The molecule has 0 aliphatic carbocycles. The quantitative estimate of drug-likeness (QED) is 0.813. The number of rotatable bonds is 6. The summed E-state index contributed by atoms with van der Waals surface area (Å²) in [4.78, 5) is 14.1. The van der Waals surface area contributed by atoms with Crippen molar-refractivity contribution in [3.05, 3.63) is 29.8 Å². The molecule has 0 aliphatic heterocycles. The molecule has 4 heteroatoms. The summed E-state index contributed by atoms with van der Waals surface area (Å²) in [6, 6.07) is 7.69. The van der Waals surface area contributed by atoms with Gasteiger partial charge in [0.2, 0.25) is 0 Å². The highest BCUT2D eigenvalue weighted by atomic mass is 16.5. The predicted octanol–water partition coefficient (Wildman–Crippen LogP) is 2.73. The van der Waals surface area contributed by atoms with E-state index in [9.17, 15) is 4.79 Å². The molecule has 112 valence electrons. The minimum Gasteiger partial charge on any atom is -0.469 e. The Balaban J connectivity index is 2.96. The van der Waals surface area contributed by atoms with E-state index in [0.717, 1.165) is 18.7 Å². The molecular formula is C16H26N2O2. The number of nitrogens with zero attached hydrogens (tertiary/aromatic N) is 1. The zero-order valence-electron chi connectivity index (χ0n) is 13.1. The summed E-state index contributed by atoms with van der Waals surface area (Å²) in [5.41, 5.74) is 7.59. The zero-order valence-corrected chi connectivity index (χ0v) is 13.1. The first-order valence-corrected chi connectivity index (χ1v) is 7.07. The molecular weight excluding hydrogens is 252 g/mol. The van der Waals surface area contributed by atoms with E-state index in [1.807, 2.05) is 26.0 Å². The Kier molecular flexibility index (Phi) is 5.57. The molecule has 1 atom stereocenters. The lowest BCUT2D eigenvalue weighted by Crippen LogP contribution is -2.37. The molecule has 0 heterocycles. The molecule has 1 aromatic carbocycles. The minimum atomic E-state index is -0.745. The number of hydrogen-bond donors (Lipinski definition) is 1. The Bertz CT molecular complexity index is 436. The summed E-state index contributed by atoms with van der Waals surface area (Å²) >= 11 is 0. The van der Waals surface area contributed by atoms with Crippen LogP contribution in [0.4, 0.5) is 5.69 Å². The number of anilines is 1. The van der Waals surface area contributed by atoms with E-state index in [-0.39, 0.29) is 12.0 Å². The summed E-state index contributed by atoms with van der Waals surface area (Å²) in [5.74, 6) is -0.294. The van der Waals surface area contributed by atoms with Crippen molar-refractivity contribution in [2.45, 2.75) is 33.7 Å². The molecule has 1 aromatic rings. The fraction of sp³-hybridized carbons (Fsp3) is 0.562. The van der Waals surface area contributed by atoms with E-state index < -0.39 is 5.41 Å². The number of carbonyl (C=O) groups is 1. The third-order valence-electron chi connectivity index (χ3n) is 3.87. The lowest BCUT2D eigenvalue weighted by atomic mass is 9.81. The summed E-state index contributed by atoms with van der Waals surface area (Å²) in [6.45, 7) is 9.81. The SMILES string of the molecule is CCN(CC)c1ccc([C@@H](N)C(C)(C)C(=O)OC)cc1. The van der Waals surface area contributed by atoms with Crippen molar-refractivity contribution in [2.24, 2.45) is 11.1 Å². The second-order valence-corrected chi connectivity index (χ2v) is 5.45. The predicted molar refractivity (Wildman–Crippen MR) is 82.7 cm³/mol. The first-order valence-electron chi connectivity index (χ1n) is 7.07. The number of benzene rings is 1. The topological polar surface area (TPSA) is 55.6 Å². The molecule has 0 saturated carbocycles. The van der Waals surface area contributed by atoms with Crippen LogP contribution in [0, 0.1) is 5.41 Å². The van der Waals surface area contributed by atoms with Gasteiger partial charge in [0, 0.05) is 24.8 Å². The minimum absolute atomic E-state index is 0.294. The first-order chi connectivity index (χ1) is 9.38. The Morgan fingerprint density at radius 1 is 1.25 bits per heavy atom. The average molecular weight is 278 g/mol. The molecule has 0 aliphatic rings. The van der Waals surface area contributed by atoms with E-state index in [1.165, 1.54) is 12.8 Å². The molecule has 1 rings (SSSR count). The lowest BCUT2D eigenvalue weighted by molar-refractivity contribution is -0.152. The van der Waals surface area contributed by atoms with Crippen LogP contribution in [0.1, 0.15) is 39.3 Å². The monoisotopic (exact) mass is 278 g/mol. The first kappa shape index (κ1) is 16.5. The Hall–Kier alpha value is -1.55. The van der Waals surface area contributed by atoms with E-state index in [4.69, 9.17) is 10.5 Å². The van der Waals surface area contributed by atoms with Gasteiger partial charge in [0.05, 0.1) is 12.5 Å². The fourth-order valence-corrected chi connectivity index (χ4v) is 2.29. The molecule has 0 spiro atoms. The normalized spacial score (nSPS) is 12.9. The smallest absolute Gasteiger partial charge is 0.313 e. The second-order valence-electron chi connectivity index (χ2n) is 5.45. The Labute approximate surface area is 121 Å². The van der Waals surface area contributed by atoms with Crippen molar-refractivity contribution < 1.29 is 9.53 Å². The zero-order chi connectivity index (χ0) is 15.3. The number of hydrogen-bond acceptors (Lipinski definition) is 4. The van der Waals surface area contributed by atoms with Crippen LogP contribution in [0.15, 0.2) is 24.3 Å². The highest BCUT2D eigenvalue weighted by Crippen LogP contribution is 2.33. The summed E-state index contributed by atoms with van der Waals surface area (Å²) < 4.78 is 4.83. The maximum absolute atomic E-state index is 11.8. The van der Waals surface area contributed by atoms with E-state index >= 15 is 0 Å². The Morgan fingerprint density at radius 3 is 2.15 bits per heavy atom. The highest BCUT2D eigenvalue weighted by molar-refractivity contribution is 5.77. The van der Waals surface area contributed by atoms with Crippen molar-refractivity contribution in [2.75, 3.05) is 25.1 Å². The van der Waals surface area contributed by atoms with Crippen LogP contribution in [0.3, 0.4) is 0 Å². The van der Waals surface area contributed by atoms with Crippen molar-refractivity contribution >= 4 is 11.7 Å². The van der Waals surface area contributed by atoms with Gasteiger partial charge in [0.25, 0.3) is 0 Å². The Morgan fingerprint density at radius 2 is 1.75 bits per heavy atom. The number of nitrogens with two attached hydrogens (primary N) is 1. The van der Waals surface area contributed by atoms with Gasteiger partial charge in [-0.15, -0.1) is 0 Å². The lowest BCUT2D eigenvalue weighted by Gasteiger charge is -2.29. The third kappa shape index (κ3) is 3.31. The summed E-state index contributed by atoms with van der Waals surface area (Å²) in [7, 11) is 1.39. The van der Waals surface area contributed by atoms with Crippen LogP contribution in [-0.4, -0.2) is 26.2 Å². The van der Waals surface area contributed by atoms with Gasteiger partial charge in [0.15, 0.2) is 0 Å². The van der Waals surface area contributed by atoms with Gasteiger partial charge in [0.1, 0.15) is 0 Å². The number of methoxy groups -OCH3 is 1. The van der Waals surface area contributed by atoms with Gasteiger partial charge in [-0.25, -0.2) is 0 Å². The molecule has 20 heavy (non-hydrogen) atoms. The van der Waals surface area contributed by atoms with Crippen LogP contribution >= 0.6 is 0 Å². The average Bonchev–Trinajstić information content (AvgIpc) is 2.47. The molecule has 0 fully saturated rings. The van der Waals surface area contributed by atoms with Gasteiger partial charge in [-0.3, -0.25) is 4.79 Å². The van der Waals surface area contributed by atoms with Crippen molar-refractivity contribution in [1.82, 2.24) is 0 Å². The van der Waals surface area contributed by atoms with Gasteiger partial charge in [-0.1, -0.05) is 12.1 Å². The fourth-order valence-electron chi connectivity index (χ4n) is 2.29. The molecule has 0 bridgehead atoms. The third-order valence-corrected chi connectivity index (χ3v) is 3.87.